The first-order valence-corrected chi connectivity index (χ1v) is 7.88. The summed E-state index contributed by atoms with van der Waals surface area (Å²) in [7, 11) is 5.12. The maximum atomic E-state index is 10.2. The van der Waals surface area contributed by atoms with Gasteiger partial charge in [-0.25, -0.2) is 0 Å². The number of ether oxygens (including phenoxy) is 3. The summed E-state index contributed by atoms with van der Waals surface area (Å²) in [5, 5.41) is 10.2. The Bertz CT molecular complexity index is 618. The monoisotopic (exact) mass is 331 g/mol. The van der Waals surface area contributed by atoms with Crippen LogP contribution >= 0.6 is 0 Å². The molecule has 2 aromatic rings. The van der Waals surface area contributed by atoms with E-state index in [1.165, 1.54) is 5.56 Å². The van der Waals surface area contributed by atoms with Crippen molar-refractivity contribution >= 4 is 0 Å². The molecule has 0 saturated carbocycles. The van der Waals surface area contributed by atoms with Gasteiger partial charge in [0.1, 0.15) is 12.7 Å². The average Bonchev–Trinajstić information content (AvgIpc) is 2.60. The van der Waals surface area contributed by atoms with Crippen LogP contribution in [0.1, 0.15) is 5.56 Å². The van der Waals surface area contributed by atoms with Crippen molar-refractivity contribution in [1.82, 2.24) is 4.90 Å². The third-order valence-electron chi connectivity index (χ3n) is 3.62. The fraction of sp³-hybridized carbons (Fsp3) is 0.368. The van der Waals surface area contributed by atoms with Crippen molar-refractivity contribution in [2.24, 2.45) is 0 Å². The lowest BCUT2D eigenvalue weighted by atomic mass is 10.2. The Balaban J connectivity index is 1.86. The minimum atomic E-state index is -0.602. The number of methoxy groups -OCH3 is 2. The Morgan fingerprint density at radius 1 is 0.958 bits per heavy atom. The van der Waals surface area contributed by atoms with Crippen LogP contribution in [0.3, 0.4) is 0 Å². The number of aliphatic hydroxyl groups is 1. The summed E-state index contributed by atoms with van der Waals surface area (Å²) in [5.41, 5.74) is 1.21. The molecule has 0 aromatic heterocycles. The molecule has 0 radical (unpaired) electrons. The first-order chi connectivity index (χ1) is 11.6. The van der Waals surface area contributed by atoms with Gasteiger partial charge in [-0.2, -0.15) is 0 Å². The topological polar surface area (TPSA) is 51.2 Å². The molecule has 0 heterocycles. The summed E-state index contributed by atoms with van der Waals surface area (Å²) < 4.78 is 16.3. The Labute approximate surface area is 143 Å². The highest BCUT2D eigenvalue weighted by atomic mass is 16.5. The lowest BCUT2D eigenvalue weighted by molar-refractivity contribution is 0.0731. The second kappa shape index (κ2) is 9.15. The minimum Gasteiger partial charge on any atom is -0.493 e. The van der Waals surface area contributed by atoms with Gasteiger partial charge in [0.2, 0.25) is 5.75 Å². The fourth-order valence-corrected chi connectivity index (χ4v) is 2.53. The third-order valence-corrected chi connectivity index (χ3v) is 3.62. The van der Waals surface area contributed by atoms with E-state index >= 15 is 0 Å². The van der Waals surface area contributed by atoms with E-state index in [2.05, 4.69) is 17.0 Å². The lowest BCUT2D eigenvalue weighted by Gasteiger charge is -2.21. The zero-order valence-corrected chi connectivity index (χ0v) is 14.4. The van der Waals surface area contributed by atoms with Crippen molar-refractivity contribution in [3.05, 3.63) is 54.1 Å². The normalized spacial score (nSPS) is 12.0. The Kier molecular flexibility index (Phi) is 6.90. The summed E-state index contributed by atoms with van der Waals surface area (Å²) in [6.45, 7) is 1.48. The van der Waals surface area contributed by atoms with Gasteiger partial charge >= 0.3 is 0 Å². The van der Waals surface area contributed by atoms with Crippen molar-refractivity contribution in [3.63, 3.8) is 0 Å². The predicted octanol–water partition coefficient (Wildman–Crippen LogP) is 2.58. The standard InChI is InChI=1S/C19H25NO4/c1-20(12-15-8-5-4-6-9-15)13-16(21)14-24-18-11-7-10-17(22-2)19(18)23-3/h4-11,16,21H,12-14H2,1-3H3. The summed E-state index contributed by atoms with van der Waals surface area (Å²) in [4.78, 5) is 2.06. The van der Waals surface area contributed by atoms with E-state index in [-0.39, 0.29) is 6.61 Å². The number of nitrogens with zero attached hydrogens (tertiary/aromatic N) is 1. The molecule has 0 aliphatic heterocycles. The van der Waals surface area contributed by atoms with Gasteiger partial charge in [0, 0.05) is 13.1 Å². The molecule has 0 saturated heterocycles. The molecule has 1 N–H and O–H groups in total. The van der Waals surface area contributed by atoms with Gasteiger partial charge in [-0.15, -0.1) is 0 Å². The van der Waals surface area contributed by atoms with Crippen molar-refractivity contribution in [3.8, 4) is 17.2 Å². The highest BCUT2D eigenvalue weighted by Crippen LogP contribution is 2.36. The molecule has 5 heteroatoms. The van der Waals surface area contributed by atoms with E-state index in [0.717, 1.165) is 6.54 Å². The van der Waals surface area contributed by atoms with Gasteiger partial charge in [-0.05, 0) is 24.7 Å². The van der Waals surface area contributed by atoms with Crippen molar-refractivity contribution in [2.75, 3.05) is 34.4 Å². The maximum Gasteiger partial charge on any atom is 0.203 e. The molecular weight excluding hydrogens is 306 g/mol. The van der Waals surface area contributed by atoms with E-state index in [9.17, 15) is 5.11 Å². The van der Waals surface area contributed by atoms with Crippen LogP contribution < -0.4 is 14.2 Å². The number of aliphatic hydroxyl groups excluding tert-OH is 1. The third kappa shape index (κ3) is 5.15. The molecule has 0 aliphatic carbocycles. The van der Waals surface area contributed by atoms with E-state index in [1.54, 1.807) is 26.4 Å². The smallest absolute Gasteiger partial charge is 0.203 e. The molecule has 0 spiro atoms. The van der Waals surface area contributed by atoms with Gasteiger partial charge in [0.15, 0.2) is 11.5 Å². The zero-order chi connectivity index (χ0) is 17.4. The molecular formula is C19H25NO4. The van der Waals surface area contributed by atoms with E-state index in [4.69, 9.17) is 14.2 Å². The summed E-state index contributed by atoms with van der Waals surface area (Å²) in [5.74, 6) is 1.69. The highest BCUT2D eigenvalue weighted by Gasteiger charge is 2.14. The van der Waals surface area contributed by atoms with E-state index in [0.29, 0.717) is 23.8 Å². The summed E-state index contributed by atoms with van der Waals surface area (Å²) in [6.07, 6.45) is -0.602. The van der Waals surface area contributed by atoms with Crippen LogP contribution in [0.15, 0.2) is 48.5 Å². The molecule has 1 unspecified atom stereocenters. The molecule has 0 amide bonds. The van der Waals surface area contributed by atoms with Gasteiger partial charge in [0.25, 0.3) is 0 Å². The molecule has 2 aromatic carbocycles. The molecule has 2 rings (SSSR count). The van der Waals surface area contributed by atoms with Gasteiger partial charge in [-0.1, -0.05) is 36.4 Å². The number of rotatable bonds is 9. The Hall–Kier alpha value is -2.24. The zero-order valence-electron chi connectivity index (χ0n) is 14.4. The molecule has 5 nitrogen and oxygen atoms in total. The number of hydrogen-bond donors (Lipinski definition) is 1. The SMILES string of the molecule is COc1cccc(OCC(O)CN(C)Cc2ccccc2)c1OC. The molecule has 130 valence electrons. The molecule has 0 aliphatic rings. The fourth-order valence-electron chi connectivity index (χ4n) is 2.53. The van der Waals surface area contributed by atoms with Crippen LogP contribution in [0, 0.1) is 0 Å². The van der Waals surface area contributed by atoms with E-state index in [1.807, 2.05) is 31.3 Å². The molecule has 24 heavy (non-hydrogen) atoms. The van der Waals surface area contributed by atoms with Crippen LogP contribution in [-0.4, -0.2) is 50.5 Å². The van der Waals surface area contributed by atoms with E-state index < -0.39 is 6.10 Å². The average molecular weight is 331 g/mol. The maximum absolute atomic E-state index is 10.2. The van der Waals surface area contributed by atoms with Crippen LogP contribution in [0.5, 0.6) is 17.2 Å². The largest absolute Gasteiger partial charge is 0.493 e. The van der Waals surface area contributed by atoms with Gasteiger partial charge < -0.3 is 19.3 Å². The second-order valence-corrected chi connectivity index (χ2v) is 5.64. The number of likely N-dealkylation sites (N-methyl/N-ethyl adjacent to an activating group) is 1. The molecule has 0 fully saturated rings. The quantitative estimate of drug-likeness (QED) is 0.765. The van der Waals surface area contributed by atoms with Crippen LogP contribution in [0.4, 0.5) is 0 Å². The van der Waals surface area contributed by atoms with Gasteiger partial charge in [-0.3, -0.25) is 4.90 Å². The minimum absolute atomic E-state index is 0.183. The first-order valence-electron chi connectivity index (χ1n) is 7.88. The predicted molar refractivity (Wildman–Crippen MR) is 93.8 cm³/mol. The highest BCUT2D eigenvalue weighted by molar-refractivity contribution is 5.51. The summed E-state index contributed by atoms with van der Waals surface area (Å²) >= 11 is 0. The second-order valence-electron chi connectivity index (χ2n) is 5.64. The van der Waals surface area contributed by atoms with Crippen molar-refractivity contribution in [2.45, 2.75) is 12.6 Å². The Morgan fingerprint density at radius 3 is 2.33 bits per heavy atom. The number of benzene rings is 2. The Morgan fingerprint density at radius 2 is 1.67 bits per heavy atom. The lowest BCUT2D eigenvalue weighted by Crippen LogP contribution is -2.32. The van der Waals surface area contributed by atoms with Crippen LogP contribution in [0.25, 0.3) is 0 Å². The number of hydrogen-bond acceptors (Lipinski definition) is 5. The summed E-state index contributed by atoms with van der Waals surface area (Å²) in [6, 6.07) is 15.6. The number of para-hydroxylation sites is 1. The van der Waals surface area contributed by atoms with Crippen LogP contribution in [-0.2, 0) is 6.54 Å². The molecule has 0 bridgehead atoms. The van der Waals surface area contributed by atoms with Crippen molar-refractivity contribution in [1.29, 1.82) is 0 Å². The molecule has 1 atom stereocenters. The first kappa shape index (κ1) is 18.1. The van der Waals surface area contributed by atoms with Gasteiger partial charge in [0.05, 0.1) is 14.2 Å². The van der Waals surface area contributed by atoms with Crippen molar-refractivity contribution < 1.29 is 19.3 Å². The van der Waals surface area contributed by atoms with Crippen LogP contribution in [0.2, 0.25) is 0 Å².